The lowest BCUT2D eigenvalue weighted by atomic mass is 9.94. The zero-order valence-electron chi connectivity index (χ0n) is 11.6. The summed E-state index contributed by atoms with van der Waals surface area (Å²) in [5, 5.41) is 0. The predicted octanol–water partition coefficient (Wildman–Crippen LogP) is 4.21. The molecule has 94 valence electrons. The van der Waals surface area contributed by atoms with Gasteiger partial charge in [0.25, 0.3) is 0 Å². The van der Waals surface area contributed by atoms with Gasteiger partial charge in [0.15, 0.2) is 0 Å². The first kappa shape index (κ1) is 12.7. The predicted molar refractivity (Wildman–Crippen MR) is 76.5 cm³/mol. The molecule has 2 aromatic carbocycles. The highest BCUT2D eigenvalue weighted by Gasteiger charge is 2.05. The van der Waals surface area contributed by atoms with Gasteiger partial charge < -0.3 is 4.74 Å². The fourth-order valence-electron chi connectivity index (χ4n) is 2.48. The van der Waals surface area contributed by atoms with Crippen molar-refractivity contribution in [2.45, 2.75) is 27.2 Å². The van der Waals surface area contributed by atoms with Crippen LogP contribution in [0.25, 0.3) is 0 Å². The highest BCUT2D eigenvalue weighted by atomic mass is 16.5. The number of rotatable bonds is 3. The summed E-state index contributed by atoms with van der Waals surface area (Å²) >= 11 is 0. The number of ether oxygens (including phenoxy) is 1. The fraction of sp³-hybridized carbons (Fsp3) is 0.294. The molecule has 0 aromatic heterocycles. The van der Waals surface area contributed by atoms with Gasteiger partial charge in [-0.3, -0.25) is 0 Å². The molecule has 18 heavy (non-hydrogen) atoms. The zero-order valence-corrected chi connectivity index (χ0v) is 11.6. The molecule has 0 heterocycles. The number of hydrogen-bond donors (Lipinski definition) is 0. The molecule has 0 bridgehead atoms. The van der Waals surface area contributed by atoms with Gasteiger partial charge in [0, 0.05) is 0 Å². The van der Waals surface area contributed by atoms with Crippen molar-refractivity contribution in [3.63, 3.8) is 0 Å². The summed E-state index contributed by atoms with van der Waals surface area (Å²) < 4.78 is 5.27. The highest BCUT2D eigenvalue weighted by Crippen LogP contribution is 2.22. The van der Waals surface area contributed by atoms with E-state index < -0.39 is 0 Å². The number of aryl methyl sites for hydroxylation is 3. The van der Waals surface area contributed by atoms with Gasteiger partial charge in [-0.25, -0.2) is 0 Å². The van der Waals surface area contributed by atoms with E-state index >= 15 is 0 Å². The Morgan fingerprint density at radius 2 is 1.61 bits per heavy atom. The average molecular weight is 240 g/mol. The molecule has 0 N–H and O–H groups in total. The van der Waals surface area contributed by atoms with Crippen LogP contribution in [0.3, 0.4) is 0 Å². The Hall–Kier alpha value is -1.76. The molecule has 0 unspecified atom stereocenters. The summed E-state index contributed by atoms with van der Waals surface area (Å²) in [5.74, 6) is 0.926. The van der Waals surface area contributed by atoms with Crippen molar-refractivity contribution in [2.75, 3.05) is 7.11 Å². The molecule has 2 rings (SSSR count). The molecule has 0 saturated carbocycles. The minimum absolute atomic E-state index is 0.926. The van der Waals surface area contributed by atoms with E-state index in [-0.39, 0.29) is 0 Å². The summed E-state index contributed by atoms with van der Waals surface area (Å²) in [6, 6.07) is 12.8. The first-order chi connectivity index (χ1) is 8.60. The van der Waals surface area contributed by atoms with E-state index in [2.05, 4.69) is 45.0 Å². The third-order valence-corrected chi connectivity index (χ3v) is 3.36. The standard InChI is InChI=1S/C17H20O/c1-12-8-13(2)17(14(3)9-12)11-15-6-5-7-16(10-15)18-4/h5-10H,11H2,1-4H3. The zero-order chi connectivity index (χ0) is 13.1. The van der Waals surface area contributed by atoms with Crippen molar-refractivity contribution < 1.29 is 4.74 Å². The average Bonchev–Trinajstić information content (AvgIpc) is 2.34. The van der Waals surface area contributed by atoms with Crippen LogP contribution in [0.5, 0.6) is 5.75 Å². The second-order valence-corrected chi connectivity index (χ2v) is 4.91. The first-order valence-electron chi connectivity index (χ1n) is 6.30. The van der Waals surface area contributed by atoms with E-state index in [1.165, 1.54) is 27.8 Å². The molecule has 2 aromatic rings. The minimum Gasteiger partial charge on any atom is -0.497 e. The lowest BCUT2D eigenvalue weighted by Gasteiger charge is -2.12. The van der Waals surface area contributed by atoms with Crippen LogP contribution in [0.4, 0.5) is 0 Å². The van der Waals surface area contributed by atoms with Crippen LogP contribution < -0.4 is 4.74 Å². The smallest absolute Gasteiger partial charge is 0.119 e. The monoisotopic (exact) mass is 240 g/mol. The van der Waals surface area contributed by atoms with E-state index in [4.69, 9.17) is 4.74 Å². The Morgan fingerprint density at radius 3 is 2.22 bits per heavy atom. The van der Waals surface area contributed by atoms with Crippen molar-refractivity contribution in [3.05, 3.63) is 64.2 Å². The summed E-state index contributed by atoms with van der Waals surface area (Å²) in [6.45, 7) is 6.53. The van der Waals surface area contributed by atoms with E-state index in [1.54, 1.807) is 7.11 Å². The van der Waals surface area contributed by atoms with E-state index in [9.17, 15) is 0 Å². The SMILES string of the molecule is COc1cccc(Cc2c(C)cc(C)cc2C)c1. The third-order valence-electron chi connectivity index (χ3n) is 3.36. The van der Waals surface area contributed by atoms with Crippen LogP contribution >= 0.6 is 0 Å². The van der Waals surface area contributed by atoms with Gasteiger partial charge in [0.1, 0.15) is 5.75 Å². The van der Waals surface area contributed by atoms with Crippen LogP contribution in [-0.4, -0.2) is 7.11 Å². The van der Waals surface area contributed by atoms with Crippen molar-refractivity contribution in [1.29, 1.82) is 0 Å². The molecule has 1 heteroatoms. The Labute approximate surface area is 109 Å². The van der Waals surface area contributed by atoms with Gasteiger partial charge in [-0.1, -0.05) is 29.8 Å². The Bertz CT molecular complexity index is 532. The summed E-state index contributed by atoms with van der Waals surface area (Å²) in [6.07, 6.45) is 0.967. The van der Waals surface area contributed by atoms with E-state index in [1.807, 2.05) is 12.1 Å². The summed E-state index contributed by atoms with van der Waals surface area (Å²) in [5.41, 5.74) is 6.79. The van der Waals surface area contributed by atoms with Crippen molar-refractivity contribution in [1.82, 2.24) is 0 Å². The quantitative estimate of drug-likeness (QED) is 0.781. The second-order valence-electron chi connectivity index (χ2n) is 4.91. The van der Waals surface area contributed by atoms with Crippen LogP contribution in [0.15, 0.2) is 36.4 Å². The van der Waals surface area contributed by atoms with Gasteiger partial charge >= 0.3 is 0 Å². The lowest BCUT2D eigenvalue weighted by molar-refractivity contribution is 0.414. The molecular formula is C17H20O. The maximum atomic E-state index is 5.27. The van der Waals surface area contributed by atoms with E-state index in [0.29, 0.717) is 0 Å². The van der Waals surface area contributed by atoms with Crippen LogP contribution in [0.2, 0.25) is 0 Å². The largest absolute Gasteiger partial charge is 0.497 e. The number of benzene rings is 2. The minimum atomic E-state index is 0.926. The number of hydrogen-bond acceptors (Lipinski definition) is 1. The lowest BCUT2D eigenvalue weighted by Crippen LogP contribution is -1.97. The Balaban J connectivity index is 2.33. The topological polar surface area (TPSA) is 9.23 Å². The Kier molecular flexibility index (Phi) is 3.71. The Morgan fingerprint density at radius 1 is 0.944 bits per heavy atom. The van der Waals surface area contributed by atoms with Crippen molar-refractivity contribution >= 4 is 0 Å². The van der Waals surface area contributed by atoms with Crippen molar-refractivity contribution in [3.8, 4) is 5.75 Å². The normalized spacial score (nSPS) is 10.4. The molecule has 0 aliphatic carbocycles. The molecule has 0 atom stereocenters. The molecule has 0 fully saturated rings. The maximum absolute atomic E-state index is 5.27. The van der Waals surface area contributed by atoms with Gasteiger partial charge in [0.05, 0.1) is 7.11 Å². The van der Waals surface area contributed by atoms with Crippen LogP contribution in [-0.2, 0) is 6.42 Å². The molecule has 0 radical (unpaired) electrons. The van der Waals surface area contributed by atoms with Crippen molar-refractivity contribution in [2.24, 2.45) is 0 Å². The van der Waals surface area contributed by atoms with Gasteiger partial charge in [-0.15, -0.1) is 0 Å². The molecule has 0 saturated heterocycles. The third kappa shape index (κ3) is 2.73. The van der Waals surface area contributed by atoms with Crippen LogP contribution in [0, 0.1) is 20.8 Å². The molecule has 0 aliphatic rings. The van der Waals surface area contributed by atoms with Gasteiger partial charge in [0.2, 0.25) is 0 Å². The van der Waals surface area contributed by atoms with Crippen LogP contribution in [0.1, 0.15) is 27.8 Å². The molecule has 1 nitrogen and oxygen atoms in total. The van der Waals surface area contributed by atoms with Gasteiger partial charge in [-0.2, -0.15) is 0 Å². The van der Waals surface area contributed by atoms with E-state index in [0.717, 1.165) is 12.2 Å². The maximum Gasteiger partial charge on any atom is 0.119 e. The summed E-state index contributed by atoms with van der Waals surface area (Å²) in [4.78, 5) is 0. The van der Waals surface area contributed by atoms with Gasteiger partial charge in [-0.05, 0) is 61.6 Å². The fourth-order valence-corrected chi connectivity index (χ4v) is 2.48. The molecule has 0 spiro atoms. The molecule has 0 amide bonds. The molecule has 0 aliphatic heterocycles. The first-order valence-corrected chi connectivity index (χ1v) is 6.30. The second kappa shape index (κ2) is 5.26. The molecular weight excluding hydrogens is 220 g/mol. The highest BCUT2D eigenvalue weighted by molar-refractivity contribution is 5.41. The summed E-state index contributed by atoms with van der Waals surface area (Å²) in [7, 11) is 1.71. The number of methoxy groups -OCH3 is 1.